The summed E-state index contributed by atoms with van der Waals surface area (Å²) < 4.78 is 6.31. The number of carbonyl (C=O) groups is 1. The summed E-state index contributed by atoms with van der Waals surface area (Å²) in [5.74, 6) is -0.0407. The molecule has 1 aromatic rings. The Labute approximate surface area is 139 Å². The van der Waals surface area contributed by atoms with Crippen molar-refractivity contribution in [1.29, 1.82) is 0 Å². The van der Waals surface area contributed by atoms with Crippen LogP contribution in [0.5, 0.6) is 0 Å². The number of hydrogen-bond donors (Lipinski definition) is 2. The first-order valence-electron chi connectivity index (χ1n) is 7.50. The number of rotatable bonds is 6. The highest BCUT2D eigenvalue weighted by atomic mass is 79.9. The number of morpholine rings is 1. The number of nitrogens with one attached hydrogen (secondary N) is 2. The summed E-state index contributed by atoms with van der Waals surface area (Å²) >= 11 is 3.43. The van der Waals surface area contributed by atoms with Gasteiger partial charge >= 0.3 is 0 Å². The Morgan fingerprint density at radius 1 is 1.27 bits per heavy atom. The van der Waals surface area contributed by atoms with Crippen LogP contribution < -0.4 is 10.9 Å². The van der Waals surface area contributed by atoms with E-state index < -0.39 is 0 Å². The molecule has 1 saturated heterocycles. The van der Waals surface area contributed by atoms with E-state index in [2.05, 4.69) is 44.7 Å². The normalized spacial score (nSPS) is 16.4. The lowest BCUT2D eigenvalue weighted by Gasteiger charge is -2.26. The van der Waals surface area contributed by atoms with E-state index >= 15 is 0 Å². The van der Waals surface area contributed by atoms with Crippen molar-refractivity contribution in [3.8, 4) is 0 Å². The Bertz CT molecular complexity index is 511. The quantitative estimate of drug-likeness (QED) is 0.756. The molecule has 1 aliphatic rings. The third-order valence-electron chi connectivity index (χ3n) is 3.37. The van der Waals surface area contributed by atoms with Gasteiger partial charge in [-0.3, -0.25) is 20.5 Å². The molecule has 0 aliphatic carbocycles. The fourth-order valence-electron chi connectivity index (χ4n) is 2.21. The van der Waals surface area contributed by atoms with Crippen molar-refractivity contribution in [3.05, 3.63) is 40.4 Å². The number of amides is 1. The number of benzene rings is 1. The third kappa shape index (κ3) is 5.44. The van der Waals surface area contributed by atoms with Gasteiger partial charge < -0.3 is 4.74 Å². The average Bonchev–Trinajstić information content (AvgIpc) is 2.53. The van der Waals surface area contributed by atoms with Gasteiger partial charge in [-0.05, 0) is 24.1 Å². The van der Waals surface area contributed by atoms with Gasteiger partial charge in [-0.1, -0.05) is 41.1 Å². The van der Waals surface area contributed by atoms with E-state index in [1.54, 1.807) is 0 Å². The second-order valence-electron chi connectivity index (χ2n) is 5.09. The van der Waals surface area contributed by atoms with Crippen LogP contribution in [0.2, 0.25) is 0 Å². The van der Waals surface area contributed by atoms with Gasteiger partial charge in [-0.2, -0.15) is 0 Å². The Kier molecular flexibility index (Phi) is 6.89. The zero-order chi connectivity index (χ0) is 15.8. The first-order chi connectivity index (χ1) is 10.7. The van der Waals surface area contributed by atoms with Crippen molar-refractivity contribution in [2.75, 3.05) is 32.8 Å². The monoisotopic (exact) mass is 367 g/mol. The van der Waals surface area contributed by atoms with Crippen LogP contribution in [0.1, 0.15) is 18.9 Å². The molecular formula is C16H22BrN3O2. The Balaban J connectivity index is 1.87. The SMILES string of the molecule is CC/C=C(\NNC(=O)CN1CCOCC1)c1ccc(Br)cc1. The second kappa shape index (κ2) is 8.92. The van der Waals surface area contributed by atoms with E-state index in [1.165, 1.54) is 0 Å². The molecule has 6 heteroatoms. The molecule has 120 valence electrons. The molecule has 22 heavy (non-hydrogen) atoms. The number of carbonyl (C=O) groups excluding carboxylic acids is 1. The van der Waals surface area contributed by atoms with Crippen molar-refractivity contribution in [2.24, 2.45) is 0 Å². The molecule has 2 N–H and O–H groups in total. The summed E-state index contributed by atoms with van der Waals surface area (Å²) in [6.07, 6.45) is 2.94. The molecule has 0 unspecified atom stereocenters. The maximum absolute atomic E-state index is 12.0. The van der Waals surface area contributed by atoms with Gasteiger partial charge in [0.15, 0.2) is 0 Å². The summed E-state index contributed by atoms with van der Waals surface area (Å²) in [5.41, 5.74) is 7.76. The molecule has 1 amide bonds. The van der Waals surface area contributed by atoms with Crippen LogP contribution >= 0.6 is 15.9 Å². The molecule has 1 aliphatic heterocycles. The van der Waals surface area contributed by atoms with Crippen LogP contribution in [0.15, 0.2) is 34.8 Å². The van der Waals surface area contributed by atoms with Gasteiger partial charge in [0.25, 0.3) is 5.91 Å². The van der Waals surface area contributed by atoms with Crippen LogP contribution in [0.25, 0.3) is 5.70 Å². The Morgan fingerprint density at radius 3 is 2.59 bits per heavy atom. The van der Waals surface area contributed by atoms with Gasteiger partial charge in [-0.15, -0.1) is 0 Å². The molecule has 0 radical (unpaired) electrons. The molecule has 0 atom stereocenters. The third-order valence-corrected chi connectivity index (χ3v) is 3.90. The Morgan fingerprint density at radius 2 is 1.95 bits per heavy atom. The topological polar surface area (TPSA) is 53.6 Å². The summed E-state index contributed by atoms with van der Waals surface area (Å²) in [6.45, 7) is 5.45. The van der Waals surface area contributed by atoms with Crippen molar-refractivity contribution in [3.63, 3.8) is 0 Å². The molecular weight excluding hydrogens is 346 g/mol. The standard InChI is InChI=1S/C16H22BrN3O2/c1-2-3-15(13-4-6-14(17)7-5-13)18-19-16(21)12-20-8-10-22-11-9-20/h3-7,18H,2,8-12H2,1H3,(H,19,21)/b15-3-. The maximum atomic E-state index is 12.0. The zero-order valence-corrected chi connectivity index (χ0v) is 14.4. The van der Waals surface area contributed by atoms with Crippen molar-refractivity contribution in [2.45, 2.75) is 13.3 Å². The zero-order valence-electron chi connectivity index (χ0n) is 12.8. The smallest absolute Gasteiger partial charge is 0.252 e. The highest BCUT2D eigenvalue weighted by Crippen LogP contribution is 2.16. The molecule has 1 fully saturated rings. The van der Waals surface area contributed by atoms with E-state index in [0.717, 1.165) is 35.2 Å². The van der Waals surface area contributed by atoms with Gasteiger partial charge in [-0.25, -0.2) is 0 Å². The number of hydrogen-bond acceptors (Lipinski definition) is 4. The molecule has 2 rings (SSSR count). The number of ether oxygens (including phenoxy) is 1. The van der Waals surface area contributed by atoms with E-state index in [-0.39, 0.29) is 5.91 Å². The molecule has 1 heterocycles. The van der Waals surface area contributed by atoms with Crippen LogP contribution in [0.4, 0.5) is 0 Å². The minimum absolute atomic E-state index is 0.0407. The molecule has 0 saturated carbocycles. The van der Waals surface area contributed by atoms with Crippen molar-refractivity contribution < 1.29 is 9.53 Å². The van der Waals surface area contributed by atoms with E-state index in [1.807, 2.05) is 24.3 Å². The fourth-order valence-corrected chi connectivity index (χ4v) is 2.48. The van der Waals surface area contributed by atoms with Gasteiger partial charge in [0.05, 0.1) is 25.5 Å². The number of allylic oxidation sites excluding steroid dienone is 1. The van der Waals surface area contributed by atoms with Crippen LogP contribution in [-0.2, 0) is 9.53 Å². The number of nitrogens with zero attached hydrogens (tertiary/aromatic N) is 1. The molecule has 0 aromatic heterocycles. The first-order valence-corrected chi connectivity index (χ1v) is 8.29. The summed E-state index contributed by atoms with van der Waals surface area (Å²) in [5, 5.41) is 0. The largest absolute Gasteiger partial charge is 0.379 e. The highest BCUT2D eigenvalue weighted by Gasteiger charge is 2.14. The minimum Gasteiger partial charge on any atom is -0.379 e. The Hall–Kier alpha value is -1.37. The van der Waals surface area contributed by atoms with Gasteiger partial charge in [0.1, 0.15) is 0 Å². The fraction of sp³-hybridized carbons (Fsp3) is 0.438. The minimum atomic E-state index is -0.0407. The molecule has 0 spiro atoms. The predicted molar refractivity (Wildman–Crippen MR) is 90.9 cm³/mol. The van der Waals surface area contributed by atoms with Gasteiger partial charge in [0.2, 0.25) is 0 Å². The second-order valence-corrected chi connectivity index (χ2v) is 6.01. The van der Waals surface area contributed by atoms with E-state index in [0.29, 0.717) is 19.8 Å². The summed E-state index contributed by atoms with van der Waals surface area (Å²) in [7, 11) is 0. The first kappa shape index (κ1) is 17.0. The average molecular weight is 368 g/mol. The van der Waals surface area contributed by atoms with Crippen LogP contribution in [0.3, 0.4) is 0 Å². The van der Waals surface area contributed by atoms with E-state index in [9.17, 15) is 4.79 Å². The lowest BCUT2D eigenvalue weighted by atomic mass is 10.1. The maximum Gasteiger partial charge on any atom is 0.252 e. The highest BCUT2D eigenvalue weighted by molar-refractivity contribution is 9.10. The molecule has 1 aromatic carbocycles. The number of hydrazine groups is 1. The van der Waals surface area contributed by atoms with Crippen molar-refractivity contribution >= 4 is 27.5 Å². The van der Waals surface area contributed by atoms with Crippen LogP contribution in [0, 0.1) is 0 Å². The van der Waals surface area contributed by atoms with Gasteiger partial charge in [0, 0.05) is 17.6 Å². The predicted octanol–water partition coefficient (Wildman–Crippen LogP) is 2.15. The summed E-state index contributed by atoms with van der Waals surface area (Å²) in [4.78, 5) is 14.1. The molecule has 0 bridgehead atoms. The van der Waals surface area contributed by atoms with Crippen LogP contribution in [-0.4, -0.2) is 43.7 Å². The lowest BCUT2D eigenvalue weighted by molar-refractivity contribution is -0.123. The van der Waals surface area contributed by atoms with E-state index in [4.69, 9.17) is 4.74 Å². The molecule has 5 nitrogen and oxygen atoms in total. The summed E-state index contributed by atoms with van der Waals surface area (Å²) in [6, 6.07) is 7.98. The number of halogens is 1. The lowest BCUT2D eigenvalue weighted by Crippen LogP contribution is -2.46. The van der Waals surface area contributed by atoms with Crippen molar-refractivity contribution in [1.82, 2.24) is 15.8 Å².